The molecule has 0 aliphatic rings. The molecule has 0 spiro atoms. The Bertz CT molecular complexity index is 438. The second-order valence-electron chi connectivity index (χ2n) is 3.14. The Hall–Kier alpha value is -1.49. The van der Waals surface area contributed by atoms with E-state index in [0.29, 0.717) is 5.82 Å². The number of thioether (sulfide) groups is 1. The Morgan fingerprint density at radius 2 is 2.33 bits per heavy atom. The van der Waals surface area contributed by atoms with Gasteiger partial charge in [0.15, 0.2) is 0 Å². The van der Waals surface area contributed by atoms with Crippen LogP contribution in [0.1, 0.15) is 11.5 Å². The molecule has 2 N–H and O–H groups in total. The lowest BCUT2D eigenvalue weighted by molar-refractivity contribution is 0.393. The predicted octanol–water partition coefficient (Wildman–Crippen LogP) is 2.25. The molecular formula is C10H11N3OS. The molecule has 78 valence electrons. The summed E-state index contributed by atoms with van der Waals surface area (Å²) in [5, 5.41) is 3.91. The molecular weight excluding hydrogens is 210 g/mol. The number of pyridine rings is 1. The van der Waals surface area contributed by atoms with E-state index in [1.165, 1.54) is 0 Å². The lowest BCUT2D eigenvalue weighted by Crippen LogP contribution is -1.88. The van der Waals surface area contributed by atoms with Gasteiger partial charge in [0.1, 0.15) is 11.6 Å². The molecule has 0 saturated heterocycles. The number of nitrogens with two attached hydrogens (primary N) is 1. The van der Waals surface area contributed by atoms with Gasteiger partial charge in [0.05, 0.1) is 5.69 Å². The van der Waals surface area contributed by atoms with Crippen molar-refractivity contribution in [2.24, 2.45) is 0 Å². The van der Waals surface area contributed by atoms with Crippen LogP contribution >= 0.6 is 11.8 Å². The molecule has 2 aromatic rings. The molecule has 0 bridgehead atoms. The summed E-state index contributed by atoms with van der Waals surface area (Å²) in [5.41, 5.74) is 6.43. The normalized spacial score (nSPS) is 10.5. The topological polar surface area (TPSA) is 64.9 Å². The molecule has 0 amide bonds. The van der Waals surface area contributed by atoms with Gasteiger partial charge in [0, 0.05) is 22.9 Å². The van der Waals surface area contributed by atoms with E-state index in [0.717, 1.165) is 22.1 Å². The second kappa shape index (κ2) is 4.35. The maximum Gasteiger partial charge on any atom is 0.133 e. The zero-order valence-corrected chi connectivity index (χ0v) is 9.12. The molecule has 0 unspecified atom stereocenters. The monoisotopic (exact) mass is 221 g/mol. The van der Waals surface area contributed by atoms with E-state index in [4.69, 9.17) is 10.3 Å². The Morgan fingerprint density at radius 1 is 1.47 bits per heavy atom. The van der Waals surface area contributed by atoms with E-state index < -0.39 is 0 Å². The van der Waals surface area contributed by atoms with Crippen LogP contribution in [-0.4, -0.2) is 10.1 Å². The molecule has 5 heteroatoms. The van der Waals surface area contributed by atoms with Crippen LogP contribution in [-0.2, 0) is 5.75 Å². The minimum Gasteiger partial charge on any atom is -0.384 e. The molecule has 2 rings (SSSR count). The zero-order chi connectivity index (χ0) is 10.7. The van der Waals surface area contributed by atoms with Crippen LogP contribution in [0.25, 0.3) is 0 Å². The maximum absolute atomic E-state index is 5.49. The van der Waals surface area contributed by atoms with Gasteiger partial charge in [-0.2, -0.15) is 0 Å². The highest BCUT2D eigenvalue weighted by Crippen LogP contribution is 2.21. The first-order valence-corrected chi connectivity index (χ1v) is 5.49. The summed E-state index contributed by atoms with van der Waals surface area (Å²) in [4.78, 5) is 5.08. The van der Waals surface area contributed by atoms with Crippen molar-refractivity contribution in [3.05, 3.63) is 35.9 Å². The summed E-state index contributed by atoms with van der Waals surface area (Å²) in [6.07, 6.45) is 1.76. The van der Waals surface area contributed by atoms with Gasteiger partial charge in [0.2, 0.25) is 0 Å². The van der Waals surface area contributed by atoms with E-state index in [2.05, 4.69) is 10.1 Å². The minimum atomic E-state index is 0.539. The van der Waals surface area contributed by atoms with Gasteiger partial charge in [-0.3, -0.25) is 0 Å². The average molecular weight is 221 g/mol. The Balaban J connectivity index is 1.96. The van der Waals surface area contributed by atoms with Gasteiger partial charge < -0.3 is 10.3 Å². The maximum atomic E-state index is 5.49. The van der Waals surface area contributed by atoms with Gasteiger partial charge >= 0.3 is 0 Å². The summed E-state index contributed by atoms with van der Waals surface area (Å²) >= 11 is 1.65. The van der Waals surface area contributed by atoms with Crippen molar-refractivity contribution in [2.45, 2.75) is 17.6 Å². The third-order valence-corrected chi connectivity index (χ3v) is 2.84. The van der Waals surface area contributed by atoms with Gasteiger partial charge in [0.25, 0.3) is 0 Å². The molecule has 15 heavy (non-hydrogen) atoms. The first kappa shape index (κ1) is 10.0. The van der Waals surface area contributed by atoms with Crippen molar-refractivity contribution in [1.29, 1.82) is 0 Å². The predicted molar refractivity (Wildman–Crippen MR) is 59.5 cm³/mol. The fraction of sp³-hybridized carbons (Fsp3) is 0.200. The molecule has 0 aliphatic carbocycles. The van der Waals surface area contributed by atoms with Crippen LogP contribution in [0, 0.1) is 6.92 Å². The number of aryl methyl sites for hydroxylation is 1. The SMILES string of the molecule is Cc1cc(CSc2ccc(N)nc2)no1. The molecule has 0 fully saturated rings. The second-order valence-corrected chi connectivity index (χ2v) is 4.19. The average Bonchev–Trinajstić information content (AvgIpc) is 2.64. The summed E-state index contributed by atoms with van der Waals surface area (Å²) in [5.74, 6) is 2.15. The number of aromatic nitrogens is 2. The van der Waals surface area contributed by atoms with E-state index in [1.54, 1.807) is 24.0 Å². The molecule has 0 atom stereocenters. The van der Waals surface area contributed by atoms with Crippen LogP contribution in [0.15, 0.2) is 33.8 Å². The van der Waals surface area contributed by atoms with Crippen molar-refractivity contribution in [3.63, 3.8) is 0 Å². The summed E-state index contributed by atoms with van der Waals surface area (Å²) in [6, 6.07) is 5.66. The number of anilines is 1. The highest BCUT2D eigenvalue weighted by atomic mass is 32.2. The third-order valence-electron chi connectivity index (χ3n) is 1.82. The Labute approximate surface area is 91.9 Å². The molecule has 4 nitrogen and oxygen atoms in total. The molecule has 0 aliphatic heterocycles. The Morgan fingerprint density at radius 3 is 2.93 bits per heavy atom. The van der Waals surface area contributed by atoms with Gasteiger partial charge in [-0.05, 0) is 19.1 Å². The molecule has 2 aromatic heterocycles. The highest BCUT2D eigenvalue weighted by Gasteiger charge is 2.01. The standard InChI is InChI=1S/C10H11N3OS/c1-7-4-8(13-14-7)6-15-9-2-3-10(11)12-5-9/h2-5H,6H2,1H3,(H2,11,12). The largest absolute Gasteiger partial charge is 0.384 e. The fourth-order valence-electron chi connectivity index (χ4n) is 1.12. The summed E-state index contributed by atoms with van der Waals surface area (Å²) < 4.78 is 4.97. The number of hydrogen-bond acceptors (Lipinski definition) is 5. The van der Waals surface area contributed by atoms with Gasteiger partial charge in [-0.1, -0.05) is 5.16 Å². The first-order chi connectivity index (χ1) is 7.24. The van der Waals surface area contributed by atoms with Crippen LogP contribution in [0.5, 0.6) is 0 Å². The third kappa shape index (κ3) is 2.73. The van der Waals surface area contributed by atoms with Crippen molar-refractivity contribution >= 4 is 17.6 Å². The molecule has 0 radical (unpaired) electrons. The lowest BCUT2D eigenvalue weighted by atomic mass is 10.4. The van der Waals surface area contributed by atoms with E-state index >= 15 is 0 Å². The zero-order valence-electron chi connectivity index (χ0n) is 8.30. The Kier molecular flexibility index (Phi) is 2.91. The van der Waals surface area contributed by atoms with E-state index in [9.17, 15) is 0 Å². The fourth-order valence-corrected chi connectivity index (χ4v) is 1.86. The van der Waals surface area contributed by atoms with E-state index in [1.807, 2.05) is 19.1 Å². The summed E-state index contributed by atoms with van der Waals surface area (Å²) in [7, 11) is 0. The number of hydrogen-bond donors (Lipinski definition) is 1. The van der Waals surface area contributed by atoms with Crippen molar-refractivity contribution in [2.75, 3.05) is 5.73 Å². The lowest BCUT2D eigenvalue weighted by Gasteiger charge is -1.98. The number of rotatable bonds is 3. The van der Waals surface area contributed by atoms with Crippen molar-refractivity contribution in [1.82, 2.24) is 10.1 Å². The molecule has 0 saturated carbocycles. The summed E-state index contributed by atoms with van der Waals surface area (Å²) in [6.45, 7) is 1.88. The van der Waals surface area contributed by atoms with Crippen LogP contribution in [0.3, 0.4) is 0 Å². The number of nitrogen functional groups attached to an aromatic ring is 1. The smallest absolute Gasteiger partial charge is 0.133 e. The van der Waals surface area contributed by atoms with Crippen molar-refractivity contribution < 1.29 is 4.52 Å². The highest BCUT2D eigenvalue weighted by molar-refractivity contribution is 7.98. The van der Waals surface area contributed by atoms with E-state index in [-0.39, 0.29) is 0 Å². The molecule has 0 aromatic carbocycles. The van der Waals surface area contributed by atoms with Crippen molar-refractivity contribution in [3.8, 4) is 0 Å². The molecule has 2 heterocycles. The number of nitrogens with zero attached hydrogens (tertiary/aromatic N) is 2. The first-order valence-electron chi connectivity index (χ1n) is 4.50. The van der Waals surface area contributed by atoms with Gasteiger partial charge in [-0.15, -0.1) is 11.8 Å². The van der Waals surface area contributed by atoms with Crippen LogP contribution in [0.2, 0.25) is 0 Å². The van der Waals surface area contributed by atoms with Gasteiger partial charge in [-0.25, -0.2) is 4.98 Å². The van der Waals surface area contributed by atoms with Crippen LogP contribution in [0.4, 0.5) is 5.82 Å². The minimum absolute atomic E-state index is 0.539. The quantitative estimate of drug-likeness (QED) is 0.805. The van der Waals surface area contributed by atoms with Crippen LogP contribution < -0.4 is 5.73 Å².